The van der Waals surface area contributed by atoms with Gasteiger partial charge >= 0.3 is 6.61 Å². The van der Waals surface area contributed by atoms with Crippen molar-refractivity contribution in [3.05, 3.63) is 53.8 Å². The highest BCUT2D eigenvalue weighted by Gasteiger charge is 2.34. The van der Waals surface area contributed by atoms with E-state index in [1.165, 1.54) is 44.2 Å². The van der Waals surface area contributed by atoms with E-state index in [0.717, 1.165) is 29.7 Å². The Hall–Kier alpha value is -1.97. The lowest BCUT2D eigenvalue weighted by atomic mass is 9.64. The van der Waals surface area contributed by atoms with E-state index in [1.807, 2.05) is 12.1 Å². The summed E-state index contributed by atoms with van der Waals surface area (Å²) in [6, 6.07) is 11.7. The van der Waals surface area contributed by atoms with Crippen LogP contribution in [0.25, 0.3) is 11.1 Å². The van der Waals surface area contributed by atoms with Gasteiger partial charge in [-0.05, 0) is 85.1 Å². The third kappa shape index (κ3) is 4.21. The van der Waals surface area contributed by atoms with Crippen molar-refractivity contribution in [1.29, 1.82) is 0 Å². The van der Waals surface area contributed by atoms with Gasteiger partial charge in [0.25, 0.3) is 0 Å². The molecule has 2 saturated carbocycles. The first-order valence-corrected chi connectivity index (χ1v) is 10.3. The monoisotopic (exact) mass is 388 g/mol. The molecule has 1 unspecified atom stereocenters. The highest BCUT2D eigenvalue weighted by atomic mass is 19.3. The van der Waals surface area contributed by atoms with E-state index in [4.69, 9.17) is 0 Å². The summed E-state index contributed by atoms with van der Waals surface area (Å²) in [6.07, 6.45) is 7.58. The fourth-order valence-corrected chi connectivity index (χ4v) is 5.26. The predicted molar refractivity (Wildman–Crippen MR) is 105 cm³/mol. The van der Waals surface area contributed by atoms with Crippen molar-refractivity contribution in [1.82, 2.24) is 0 Å². The fourth-order valence-electron chi connectivity index (χ4n) is 5.26. The Morgan fingerprint density at radius 1 is 0.893 bits per heavy atom. The number of alkyl halides is 2. The number of hydrogen-bond acceptors (Lipinski definition) is 1. The molecule has 0 spiro atoms. The van der Waals surface area contributed by atoms with Gasteiger partial charge in [-0.2, -0.15) is 8.78 Å². The van der Waals surface area contributed by atoms with Crippen molar-refractivity contribution >= 4 is 0 Å². The Morgan fingerprint density at radius 3 is 2.32 bits per heavy atom. The van der Waals surface area contributed by atoms with Gasteiger partial charge in [0.2, 0.25) is 0 Å². The van der Waals surface area contributed by atoms with Crippen LogP contribution in [0.3, 0.4) is 0 Å². The molecule has 0 radical (unpaired) electrons. The predicted octanol–water partition coefficient (Wildman–Crippen LogP) is 7.41. The molecule has 2 fully saturated rings. The molecule has 2 aromatic carbocycles. The van der Waals surface area contributed by atoms with Crippen LogP contribution in [0.4, 0.5) is 13.2 Å². The van der Waals surface area contributed by atoms with Gasteiger partial charge in [0.15, 0.2) is 0 Å². The molecular weight excluding hydrogens is 361 g/mol. The van der Waals surface area contributed by atoms with Crippen LogP contribution < -0.4 is 4.74 Å². The van der Waals surface area contributed by atoms with E-state index >= 15 is 0 Å². The first kappa shape index (κ1) is 19.4. The van der Waals surface area contributed by atoms with E-state index in [-0.39, 0.29) is 11.6 Å². The second-order valence-corrected chi connectivity index (χ2v) is 8.59. The van der Waals surface area contributed by atoms with Crippen molar-refractivity contribution in [2.24, 2.45) is 17.8 Å². The molecule has 0 aliphatic heterocycles. The Balaban J connectivity index is 1.47. The zero-order valence-electron chi connectivity index (χ0n) is 16.2. The molecule has 2 aliphatic rings. The lowest BCUT2D eigenvalue weighted by Crippen LogP contribution is -2.29. The minimum absolute atomic E-state index is 0.0781. The standard InChI is InChI=1S/C24H27F3O/c1-15-2-3-18-13-19(5-4-17(18)12-15)20-8-11-22(23(25)14-20)16-6-9-21(10-7-16)28-24(26)27/h6-11,14-15,17-19,24H,2-5,12-13H2,1H3/t15?,17-,18-,19-/m1/s1. The van der Waals surface area contributed by atoms with Crippen molar-refractivity contribution in [3.63, 3.8) is 0 Å². The van der Waals surface area contributed by atoms with Gasteiger partial charge in [0, 0.05) is 5.56 Å². The number of halogens is 3. The summed E-state index contributed by atoms with van der Waals surface area (Å²) in [5, 5.41) is 0. The summed E-state index contributed by atoms with van der Waals surface area (Å²) >= 11 is 0. The topological polar surface area (TPSA) is 9.23 Å². The molecule has 1 nitrogen and oxygen atoms in total. The second-order valence-electron chi connectivity index (χ2n) is 8.59. The Bertz CT molecular complexity index is 802. The molecule has 150 valence electrons. The van der Waals surface area contributed by atoms with Crippen LogP contribution in [0.15, 0.2) is 42.5 Å². The van der Waals surface area contributed by atoms with Gasteiger partial charge in [-0.3, -0.25) is 0 Å². The van der Waals surface area contributed by atoms with E-state index in [2.05, 4.69) is 11.7 Å². The lowest BCUT2D eigenvalue weighted by molar-refractivity contribution is -0.0498. The van der Waals surface area contributed by atoms with Crippen molar-refractivity contribution < 1.29 is 17.9 Å². The van der Waals surface area contributed by atoms with E-state index in [0.29, 0.717) is 17.0 Å². The zero-order valence-corrected chi connectivity index (χ0v) is 16.2. The molecule has 0 heterocycles. The van der Waals surface area contributed by atoms with Crippen molar-refractivity contribution in [2.45, 2.75) is 58.0 Å². The van der Waals surface area contributed by atoms with Crippen LogP contribution in [0, 0.1) is 23.6 Å². The van der Waals surface area contributed by atoms with Crippen LogP contribution in [-0.4, -0.2) is 6.61 Å². The second kappa shape index (κ2) is 8.18. The maximum absolute atomic E-state index is 14.8. The molecule has 28 heavy (non-hydrogen) atoms. The third-order valence-corrected chi connectivity index (χ3v) is 6.73. The highest BCUT2D eigenvalue weighted by molar-refractivity contribution is 5.65. The largest absolute Gasteiger partial charge is 0.435 e. The Morgan fingerprint density at radius 2 is 1.61 bits per heavy atom. The molecule has 2 aliphatic carbocycles. The Kier molecular flexibility index (Phi) is 5.65. The van der Waals surface area contributed by atoms with Crippen LogP contribution >= 0.6 is 0 Å². The van der Waals surface area contributed by atoms with Crippen molar-refractivity contribution in [3.8, 4) is 16.9 Å². The normalized spacial score (nSPS) is 27.5. The minimum Gasteiger partial charge on any atom is -0.435 e. The molecular formula is C24H27F3O. The van der Waals surface area contributed by atoms with E-state index < -0.39 is 6.61 Å². The third-order valence-electron chi connectivity index (χ3n) is 6.73. The average molecular weight is 388 g/mol. The molecule has 0 amide bonds. The van der Waals surface area contributed by atoms with Crippen LogP contribution in [0.2, 0.25) is 0 Å². The number of ether oxygens (including phenoxy) is 1. The van der Waals surface area contributed by atoms with Gasteiger partial charge in [0.05, 0.1) is 0 Å². The van der Waals surface area contributed by atoms with Gasteiger partial charge in [-0.1, -0.05) is 37.6 Å². The SMILES string of the molecule is CC1CC[C@@H]2C[C@H](c3ccc(-c4ccc(OC(F)F)cc4)c(F)c3)CC[C@@H]2C1. The van der Waals surface area contributed by atoms with Gasteiger partial charge in [0.1, 0.15) is 11.6 Å². The van der Waals surface area contributed by atoms with E-state index in [9.17, 15) is 13.2 Å². The van der Waals surface area contributed by atoms with Gasteiger partial charge in [-0.25, -0.2) is 4.39 Å². The molecule has 2 aromatic rings. The summed E-state index contributed by atoms with van der Waals surface area (Å²) in [4.78, 5) is 0. The van der Waals surface area contributed by atoms with Crippen LogP contribution in [0.5, 0.6) is 5.75 Å². The quantitative estimate of drug-likeness (QED) is 0.530. The molecule has 0 saturated heterocycles. The molecule has 4 atom stereocenters. The lowest BCUT2D eigenvalue weighted by Gasteiger charge is -2.41. The molecule has 0 aromatic heterocycles. The maximum atomic E-state index is 14.8. The average Bonchev–Trinajstić information content (AvgIpc) is 2.68. The smallest absolute Gasteiger partial charge is 0.387 e. The summed E-state index contributed by atoms with van der Waals surface area (Å²) in [7, 11) is 0. The van der Waals surface area contributed by atoms with Crippen LogP contribution in [-0.2, 0) is 0 Å². The maximum Gasteiger partial charge on any atom is 0.387 e. The number of hydrogen-bond donors (Lipinski definition) is 0. The first-order valence-electron chi connectivity index (χ1n) is 10.3. The summed E-state index contributed by atoms with van der Waals surface area (Å²) in [6.45, 7) is -0.493. The van der Waals surface area contributed by atoms with Crippen molar-refractivity contribution in [2.75, 3.05) is 0 Å². The highest BCUT2D eigenvalue weighted by Crippen LogP contribution is 2.47. The zero-order chi connectivity index (χ0) is 19.7. The fraction of sp³-hybridized carbons (Fsp3) is 0.500. The number of rotatable bonds is 4. The number of benzene rings is 2. The summed E-state index contributed by atoms with van der Waals surface area (Å²) < 4.78 is 43.7. The first-order chi connectivity index (χ1) is 13.5. The van der Waals surface area contributed by atoms with Gasteiger partial charge < -0.3 is 4.74 Å². The molecule has 0 bridgehead atoms. The molecule has 4 heteroatoms. The van der Waals surface area contributed by atoms with E-state index in [1.54, 1.807) is 18.2 Å². The molecule has 4 rings (SSSR count). The molecule has 0 N–H and O–H groups in total. The van der Waals surface area contributed by atoms with Crippen LogP contribution in [0.1, 0.15) is 56.9 Å². The minimum atomic E-state index is -2.86. The summed E-state index contributed by atoms with van der Waals surface area (Å²) in [5.74, 6) is 2.78. The Labute approximate surface area is 164 Å². The summed E-state index contributed by atoms with van der Waals surface area (Å²) in [5.41, 5.74) is 2.25. The van der Waals surface area contributed by atoms with Gasteiger partial charge in [-0.15, -0.1) is 0 Å². The number of fused-ring (bicyclic) bond motifs is 1.